The van der Waals surface area contributed by atoms with Crippen molar-refractivity contribution in [1.29, 1.82) is 5.26 Å². The fraction of sp³-hybridized carbons (Fsp3) is 0.176. The Morgan fingerprint density at radius 3 is 2.92 bits per heavy atom. The van der Waals surface area contributed by atoms with Gasteiger partial charge in [-0.3, -0.25) is 4.79 Å². The number of aromatic nitrogens is 2. The second-order valence-electron chi connectivity index (χ2n) is 5.07. The van der Waals surface area contributed by atoms with Gasteiger partial charge in [0.15, 0.2) is 0 Å². The molecule has 0 saturated heterocycles. The molecule has 2 aromatic heterocycles. The van der Waals surface area contributed by atoms with Gasteiger partial charge in [0.2, 0.25) is 5.91 Å². The van der Waals surface area contributed by atoms with Crippen LogP contribution >= 0.6 is 11.8 Å². The van der Waals surface area contributed by atoms with Crippen LogP contribution in [-0.2, 0) is 4.79 Å². The minimum Gasteiger partial charge on any atom is -0.469 e. The van der Waals surface area contributed by atoms with E-state index in [9.17, 15) is 4.79 Å². The van der Waals surface area contributed by atoms with E-state index < -0.39 is 0 Å². The van der Waals surface area contributed by atoms with Crippen molar-refractivity contribution in [3.05, 3.63) is 47.9 Å². The molecule has 0 unspecified atom stereocenters. The van der Waals surface area contributed by atoms with Crippen LogP contribution in [0.4, 0.5) is 5.69 Å². The number of benzene rings is 1. The fourth-order valence-electron chi connectivity index (χ4n) is 2.12. The van der Waals surface area contributed by atoms with E-state index in [1.807, 2.05) is 13.0 Å². The number of carbonyl (C=O) groups excluding carboxylic acids is 1. The van der Waals surface area contributed by atoms with E-state index in [2.05, 4.69) is 15.5 Å². The van der Waals surface area contributed by atoms with E-state index in [4.69, 9.17) is 14.1 Å². The van der Waals surface area contributed by atoms with Crippen molar-refractivity contribution >= 4 is 23.4 Å². The normalized spacial score (nSPS) is 10.4. The molecule has 1 aromatic carbocycles. The number of hydrogen-bond donors (Lipinski definition) is 1. The molecule has 2 heterocycles. The van der Waals surface area contributed by atoms with Crippen LogP contribution in [0.3, 0.4) is 0 Å². The van der Waals surface area contributed by atoms with Crippen molar-refractivity contribution < 1.29 is 13.6 Å². The first-order valence-corrected chi connectivity index (χ1v) is 8.45. The molecule has 7 nitrogen and oxygen atoms in total. The summed E-state index contributed by atoms with van der Waals surface area (Å²) in [4.78, 5) is 12.0. The van der Waals surface area contributed by atoms with Crippen LogP contribution in [-0.4, -0.2) is 21.9 Å². The zero-order chi connectivity index (χ0) is 17.6. The van der Waals surface area contributed by atoms with Crippen LogP contribution in [0.1, 0.15) is 17.7 Å². The molecular formula is C17H14N4O3S. The van der Waals surface area contributed by atoms with Gasteiger partial charge in [-0.2, -0.15) is 5.26 Å². The lowest BCUT2D eigenvalue weighted by Gasteiger charge is -2.05. The molecule has 1 amide bonds. The number of para-hydroxylation sites is 1. The van der Waals surface area contributed by atoms with Crippen LogP contribution in [0.15, 0.2) is 50.7 Å². The number of nitrogens with one attached hydrogen (secondary N) is 1. The van der Waals surface area contributed by atoms with Gasteiger partial charge in [-0.15, -0.1) is 10.2 Å². The van der Waals surface area contributed by atoms with E-state index in [-0.39, 0.29) is 12.3 Å². The van der Waals surface area contributed by atoms with E-state index in [0.29, 0.717) is 33.9 Å². The number of nitriles is 1. The first-order valence-electron chi connectivity index (χ1n) is 7.47. The summed E-state index contributed by atoms with van der Waals surface area (Å²) in [6.07, 6.45) is 1.82. The quantitative estimate of drug-likeness (QED) is 0.674. The summed E-state index contributed by atoms with van der Waals surface area (Å²) in [5.41, 5.74) is 1.70. The molecular weight excluding hydrogens is 340 g/mol. The molecule has 25 heavy (non-hydrogen) atoms. The highest BCUT2D eigenvalue weighted by Crippen LogP contribution is 2.26. The third kappa shape index (κ3) is 4.08. The van der Waals surface area contributed by atoms with Crippen molar-refractivity contribution in [2.24, 2.45) is 0 Å². The summed E-state index contributed by atoms with van der Waals surface area (Å²) in [6.45, 7) is 1.82. The van der Waals surface area contributed by atoms with E-state index in [1.54, 1.807) is 36.6 Å². The molecule has 0 spiro atoms. The zero-order valence-corrected chi connectivity index (χ0v) is 14.2. The molecule has 0 bridgehead atoms. The number of carbonyl (C=O) groups is 1. The topological polar surface area (TPSA) is 105 Å². The summed E-state index contributed by atoms with van der Waals surface area (Å²) in [5, 5.41) is 20.1. The van der Waals surface area contributed by atoms with Gasteiger partial charge in [-0.1, -0.05) is 23.9 Å². The van der Waals surface area contributed by atoms with Gasteiger partial charge in [0.1, 0.15) is 11.8 Å². The Morgan fingerprint density at radius 1 is 1.32 bits per heavy atom. The Bertz CT molecular complexity index is 926. The summed E-state index contributed by atoms with van der Waals surface area (Å²) in [5.74, 6) is 1.39. The fourth-order valence-corrected chi connectivity index (χ4v) is 2.82. The second-order valence-corrected chi connectivity index (χ2v) is 6.11. The Hall–Kier alpha value is -3.05. The Labute approximate surface area is 148 Å². The average Bonchev–Trinajstić information content (AvgIpc) is 3.24. The van der Waals surface area contributed by atoms with Crippen LogP contribution < -0.4 is 5.32 Å². The molecule has 126 valence electrons. The first-order chi connectivity index (χ1) is 12.2. The second kappa shape index (κ2) is 7.68. The highest BCUT2D eigenvalue weighted by molar-refractivity contribution is 7.99. The molecule has 0 aliphatic rings. The Balaban J connectivity index is 1.52. The van der Waals surface area contributed by atoms with Crippen LogP contribution in [0.5, 0.6) is 0 Å². The predicted molar refractivity (Wildman–Crippen MR) is 91.9 cm³/mol. The summed E-state index contributed by atoms with van der Waals surface area (Å²) < 4.78 is 10.8. The lowest BCUT2D eigenvalue weighted by Crippen LogP contribution is -2.13. The van der Waals surface area contributed by atoms with Gasteiger partial charge >= 0.3 is 0 Å². The predicted octanol–water partition coefficient (Wildman–Crippen LogP) is 3.63. The Kier molecular flexibility index (Phi) is 5.16. The monoisotopic (exact) mass is 354 g/mol. The maximum absolute atomic E-state index is 12.0. The summed E-state index contributed by atoms with van der Waals surface area (Å²) in [7, 11) is 0. The zero-order valence-electron chi connectivity index (χ0n) is 13.4. The van der Waals surface area contributed by atoms with E-state index >= 15 is 0 Å². The lowest BCUT2D eigenvalue weighted by molar-refractivity contribution is -0.115. The molecule has 0 aliphatic carbocycles. The standard InChI is InChI=1S/C17H14N4O3S/c1-11-13(6-8-23-11)16-20-21-17(24-16)25-9-7-15(22)19-14-5-3-2-4-12(14)10-18/h2-6,8H,7,9H2,1H3,(H,19,22). The van der Waals surface area contributed by atoms with Crippen molar-refractivity contribution in [2.45, 2.75) is 18.6 Å². The van der Waals surface area contributed by atoms with Crippen LogP contribution in [0.2, 0.25) is 0 Å². The largest absolute Gasteiger partial charge is 0.469 e. The van der Waals surface area contributed by atoms with Crippen LogP contribution in [0, 0.1) is 18.3 Å². The number of aryl methyl sites for hydroxylation is 1. The number of hydrogen-bond acceptors (Lipinski definition) is 7. The number of nitrogens with zero attached hydrogens (tertiary/aromatic N) is 3. The lowest BCUT2D eigenvalue weighted by atomic mass is 10.2. The maximum Gasteiger partial charge on any atom is 0.276 e. The van der Waals surface area contributed by atoms with Gasteiger partial charge < -0.3 is 14.2 Å². The smallest absolute Gasteiger partial charge is 0.276 e. The van der Waals surface area contributed by atoms with Gasteiger partial charge in [0.25, 0.3) is 11.1 Å². The van der Waals surface area contributed by atoms with Gasteiger partial charge in [-0.05, 0) is 25.1 Å². The third-order valence-electron chi connectivity index (χ3n) is 3.37. The van der Waals surface area contributed by atoms with Gasteiger partial charge in [-0.25, -0.2) is 0 Å². The van der Waals surface area contributed by atoms with Crippen molar-refractivity contribution in [2.75, 3.05) is 11.1 Å². The highest BCUT2D eigenvalue weighted by Gasteiger charge is 2.14. The number of anilines is 1. The molecule has 0 radical (unpaired) electrons. The molecule has 1 N–H and O–H groups in total. The molecule has 0 atom stereocenters. The molecule has 3 rings (SSSR count). The molecule has 0 aliphatic heterocycles. The van der Waals surface area contributed by atoms with Gasteiger partial charge in [0, 0.05) is 12.2 Å². The van der Waals surface area contributed by atoms with Crippen molar-refractivity contribution in [3.63, 3.8) is 0 Å². The highest BCUT2D eigenvalue weighted by atomic mass is 32.2. The van der Waals surface area contributed by atoms with Gasteiger partial charge in [0.05, 0.1) is 23.1 Å². The van der Waals surface area contributed by atoms with Crippen molar-refractivity contribution in [3.8, 4) is 17.5 Å². The minimum absolute atomic E-state index is 0.180. The maximum atomic E-state index is 12.0. The molecule has 3 aromatic rings. The van der Waals surface area contributed by atoms with Crippen molar-refractivity contribution in [1.82, 2.24) is 10.2 Å². The first kappa shape index (κ1) is 16.8. The summed E-state index contributed by atoms with van der Waals surface area (Å²) in [6, 6.07) is 10.7. The molecule has 0 fully saturated rings. The average molecular weight is 354 g/mol. The van der Waals surface area contributed by atoms with Crippen LogP contribution in [0.25, 0.3) is 11.5 Å². The SMILES string of the molecule is Cc1occc1-c1nnc(SCCC(=O)Nc2ccccc2C#N)o1. The third-order valence-corrected chi connectivity index (χ3v) is 4.19. The number of rotatable bonds is 6. The number of amides is 1. The Morgan fingerprint density at radius 2 is 2.16 bits per heavy atom. The number of thioether (sulfide) groups is 1. The molecule has 8 heteroatoms. The number of furan rings is 1. The molecule has 0 saturated carbocycles. The summed E-state index contributed by atoms with van der Waals surface area (Å²) >= 11 is 1.30. The van der Waals surface area contributed by atoms with E-state index in [1.165, 1.54) is 11.8 Å². The van der Waals surface area contributed by atoms with E-state index in [0.717, 1.165) is 5.56 Å². The minimum atomic E-state index is -0.180.